The van der Waals surface area contributed by atoms with Crippen molar-refractivity contribution in [2.24, 2.45) is 0 Å². The van der Waals surface area contributed by atoms with Crippen molar-refractivity contribution in [1.82, 2.24) is 9.88 Å². The Bertz CT molecular complexity index is 609. The van der Waals surface area contributed by atoms with Crippen molar-refractivity contribution in [1.29, 1.82) is 0 Å². The van der Waals surface area contributed by atoms with Crippen molar-refractivity contribution < 1.29 is 9.47 Å². The Morgan fingerprint density at radius 2 is 2.05 bits per heavy atom. The van der Waals surface area contributed by atoms with Crippen LogP contribution in [0.4, 0.5) is 0 Å². The lowest BCUT2D eigenvalue weighted by Crippen LogP contribution is -2.36. The van der Waals surface area contributed by atoms with Gasteiger partial charge < -0.3 is 9.47 Å². The second kappa shape index (κ2) is 6.41. The van der Waals surface area contributed by atoms with Gasteiger partial charge in [0.15, 0.2) is 0 Å². The summed E-state index contributed by atoms with van der Waals surface area (Å²) in [6.45, 7) is 2.74. The molecule has 0 spiro atoms. The van der Waals surface area contributed by atoms with E-state index in [-0.39, 0.29) is 0 Å². The third-order valence-electron chi connectivity index (χ3n) is 4.18. The highest BCUT2D eigenvalue weighted by atomic mass is 16.5. The molecular formula is C17H22N2O2. The summed E-state index contributed by atoms with van der Waals surface area (Å²) in [4.78, 5) is 6.88. The monoisotopic (exact) mass is 286 g/mol. The first-order valence-electron chi connectivity index (χ1n) is 7.48. The van der Waals surface area contributed by atoms with E-state index in [9.17, 15) is 0 Å². The van der Waals surface area contributed by atoms with Gasteiger partial charge in [0.2, 0.25) is 5.88 Å². The van der Waals surface area contributed by atoms with Crippen LogP contribution in [0.25, 0.3) is 10.9 Å². The summed E-state index contributed by atoms with van der Waals surface area (Å²) >= 11 is 0. The largest absolute Gasteiger partial charge is 0.481 e. The van der Waals surface area contributed by atoms with E-state index in [1.54, 1.807) is 7.11 Å². The summed E-state index contributed by atoms with van der Waals surface area (Å²) < 4.78 is 10.6. The number of fused-ring (bicyclic) bond motifs is 1. The lowest BCUT2D eigenvalue weighted by atomic mass is 10.1. The van der Waals surface area contributed by atoms with Crippen molar-refractivity contribution in [2.75, 3.05) is 27.4 Å². The minimum Gasteiger partial charge on any atom is -0.481 e. The van der Waals surface area contributed by atoms with Gasteiger partial charge >= 0.3 is 0 Å². The van der Waals surface area contributed by atoms with Crippen LogP contribution < -0.4 is 4.74 Å². The van der Waals surface area contributed by atoms with Crippen LogP contribution in [0.15, 0.2) is 30.3 Å². The zero-order valence-corrected chi connectivity index (χ0v) is 12.7. The Morgan fingerprint density at radius 3 is 2.81 bits per heavy atom. The van der Waals surface area contributed by atoms with Crippen molar-refractivity contribution >= 4 is 10.9 Å². The molecule has 0 atom stereocenters. The molecule has 0 radical (unpaired) electrons. The predicted molar refractivity (Wildman–Crippen MR) is 83.6 cm³/mol. The van der Waals surface area contributed by atoms with E-state index in [1.165, 1.54) is 5.56 Å². The average Bonchev–Trinajstić information content (AvgIpc) is 2.55. The van der Waals surface area contributed by atoms with Crippen LogP contribution in [0.1, 0.15) is 18.4 Å². The van der Waals surface area contributed by atoms with Gasteiger partial charge in [0.1, 0.15) is 0 Å². The molecule has 1 aliphatic rings. The summed E-state index contributed by atoms with van der Waals surface area (Å²) in [5.74, 6) is 0.662. The standard InChI is InChI=1S/C17H22N2O2/c1-19(15-7-9-21-10-8-15)12-13-3-5-16-14(11-13)4-6-17(18-16)20-2/h3-6,11,15H,7-10,12H2,1-2H3. The second-order valence-electron chi connectivity index (χ2n) is 5.64. The summed E-state index contributed by atoms with van der Waals surface area (Å²) in [6.07, 6.45) is 2.26. The van der Waals surface area contributed by atoms with E-state index in [2.05, 4.69) is 41.2 Å². The summed E-state index contributed by atoms with van der Waals surface area (Å²) in [5, 5.41) is 1.16. The van der Waals surface area contributed by atoms with E-state index in [4.69, 9.17) is 9.47 Å². The molecule has 1 aromatic heterocycles. The maximum Gasteiger partial charge on any atom is 0.213 e. The molecule has 2 heterocycles. The minimum atomic E-state index is 0.628. The van der Waals surface area contributed by atoms with Crippen molar-refractivity contribution in [3.63, 3.8) is 0 Å². The maximum atomic E-state index is 5.43. The third kappa shape index (κ3) is 3.34. The maximum absolute atomic E-state index is 5.43. The Balaban J connectivity index is 1.74. The van der Waals surface area contributed by atoms with Gasteiger partial charge in [-0.15, -0.1) is 0 Å². The van der Waals surface area contributed by atoms with E-state index < -0.39 is 0 Å². The SMILES string of the molecule is COc1ccc2cc(CN(C)C3CCOCC3)ccc2n1. The lowest BCUT2D eigenvalue weighted by molar-refractivity contribution is 0.0407. The molecule has 1 saturated heterocycles. The first-order chi connectivity index (χ1) is 10.3. The zero-order valence-electron chi connectivity index (χ0n) is 12.7. The molecule has 0 aliphatic carbocycles. The number of ether oxygens (including phenoxy) is 2. The van der Waals surface area contributed by atoms with Gasteiger partial charge in [0.05, 0.1) is 12.6 Å². The van der Waals surface area contributed by atoms with Crippen molar-refractivity contribution in [3.05, 3.63) is 35.9 Å². The van der Waals surface area contributed by atoms with Gasteiger partial charge in [0.25, 0.3) is 0 Å². The minimum absolute atomic E-state index is 0.628. The topological polar surface area (TPSA) is 34.6 Å². The van der Waals surface area contributed by atoms with Gasteiger partial charge in [-0.3, -0.25) is 4.90 Å². The number of hydrogen-bond donors (Lipinski definition) is 0. The Labute approximate surface area is 125 Å². The fourth-order valence-electron chi connectivity index (χ4n) is 2.91. The van der Waals surface area contributed by atoms with Crippen LogP contribution in [-0.4, -0.2) is 43.3 Å². The smallest absolute Gasteiger partial charge is 0.213 e. The number of methoxy groups -OCH3 is 1. The van der Waals surface area contributed by atoms with Crippen LogP contribution in [0.2, 0.25) is 0 Å². The fraction of sp³-hybridized carbons (Fsp3) is 0.471. The van der Waals surface area contributed by atoms with Crippen molar-refractivity contribution in [3.8, 4) is 5.88 Å². The average molecular weight is 286 g/mol. The predicted octanol–water partition coefficient (Wildman–Crippen LogP) is 2.85. The molecule has 4 nitrogen and oxygen atoms in total. The number of nitrogens with zero attached hydrogens (tertiary/aromatic N) is 2. The number of aromatic nitrogens is 1. The van der Waals surface area contributed by atoms with Gasteiger partial charge in [0, 0.05) is 37.3 Å². The summed E-state index contributed by atoms with van der Waals surface area (Å²) in [6, 6.07) is 11.1. The van der Waals surface area contributed by atoms with Gasteiger partial charge in [-0.25, -0.2) is 4.98 Å². The van der Waals surface area contributed by atoms with Crippen LogP contribution in [0.5, 0.6) is 5.88 Å². The second-order valence-corrected chi connectivity index (χ2v) is 5.64. The lowest BCUT2D eigenvalue weighted by Gasteiger charge is -2.31. The molecule has 0 bridgehead atoms. The summed E-state index contributed by atoms with van der Waals surface area (Å²) in [5.41, 5.74) is 2.30. The molecule has 3 rings (SSSR count). The molecule has 21 heavy (non-hydrogen) atoms. The number of benzene rings is 1. The molecular weight excluding hydrogens is 264 g/mol. The van der Waals surface area contributed by atoms with Crippen LogP contribution in [-0.2, 0) is 11.3 Å². The normalized spacial score (nSPS) is 16.5. The Kier molecular flexibility index (Phi) is 4.36. The molecule has 1 aliphatic heterocycles. The molecule has 1 fully saturated rings. The molecule has 4 heteroatoms. The van der Waals surface area contributed by atoms with E-state index in [0.717, 1.165) is 43.5 Å². The van der Waals surface area contributed by atoms with Crippen LogP contribution in [0, 0.1) is 0 Å². The van der Waals surface area contributed by atoms with Crippen molar-refractivity contribution in [2.45, 2.75) is 25.4 Å². The van der Waals surface area contributed by atoms with Crippen LogP contribution >= 0.6 is 0 Å². The molecule has 0 N–H and O–H groups in total. The van der Waals surface area contributed by atoms with Gasteiger partial charge in [-0.1, -0.05) is 6.07 Å². The highest BCUT2D eigenvalue weighted by molar-refractivity contribution is 5.79. The Morgan fingerprint density at radius 1 is 1.24 bits per heavy atom. The van der Waals surface area contributed by atoms with Gasteiger partial charge in [-0.05, 0) is 43.7 Å². The quantitative estimate of drug-likeness (QED) is 0.865. The highest BCUT2D eigenvalue weighted by Gasteiger charge is 2.18. The Hall–Kier alpha value is -1.65. The number of rotatable bonds is 4. The van der Waals surface area contributed by atoms with E-state index in [1.807, 2.05) is 6.07 Å². The third-order valence-corrected chi connectivity index (χ3v) is 4.18. The first kappa shape index (κ1) is 14.3. The first-order valence-corrected chi connectivity index (χ1v) is 7.48. The van der Waals surface area contributed by atoms with E-state index >= 15 is 0 Å². The molecule has 0 unspecified atom stereocenters. The summed E-state index contributed by atoms with van der Waals surface area (Å²) in [7, 11) is 3.85. The molecule has 1 aromatic carbocycles. The molecule has 2 aromatic rings. The van der Waals surface area contributed by atoms with E-state index in [0.29, 0.717) is 11.9 Å². The molecule has 0 saturated carbocycles. The zero-order chi connectivity index (χ0) is 14.7. The molecule has 0 amide bonds. The molecule has 112 valence electrons. The van der Waals surface area contributed by atoms with Gasteiger partial charge in [-0.2, -0.15) is 0 Å². The highest BCUT2D eigenvalue weighted by Crippen LogP contribution is 2.20. The van der Waals surface area contributed by atoms with Crippen LogP contribution in [0.3, 0.4) is 0 Å². The number of hydrogen-bond acceptors (Lipinski definition) is 4. The fourth-order valence-corrected chi connectivity index (χ4v) is 2.91. The number of pyridine rings is 1.